The van der Waals surface area contributed by atoms with Crippen molar-refractivity contribution in [3.05, 3.63) is 64.4 Å². The van der Waals surface area contributed by atoms with E-state index in [1.54, 1.807) is 0 Å². The Labute approximate surface area is 185 Å². The van der Waals surface area contributed by atoms with Gasteiger partial charge < -0.3 is 14.4 Å². The quantitative estimate of drug-likeness (QED) is 0.629. The van der Waals surface area contributed by atoms with Crippen molar-refractivity contribution in [1.29, 1.82) is 0 Å². The molecule has 0 saturated carbocycles. The van der Waals surface area contributed by atoms with Gasteiger partial charge in [0.1, 0.15) is 0 Å². The van der Waals surface area contributed by atoms with Crippen molar-refractivity contribution in [3.8, 4) is 17.1 Å². The number of nitrogens with zero attached hydrogens (tertiary/aromatic N) is 3. The Balaban J connectivity index is 1.46. The van der Waals surface area contributed by atoms with Gasteiger partial charge in [0, 0.05) is 16.3 Å². The van der Waals surface area contributed by atoms with Gasteiger partial charge in [0.15, 0.2) is 18.3 Å². The predicted octanol–water partition coefficient (Wildman–Crippen LogP) is 3.10. The Morgan fingerprint density at radius 3 is 2.33 bits per heavy atom. The van der Waals surface area contributed by atoms with E-state index in [9.17, 15) is 0 Å². The molecule has 5 rings (SSSR count). The molecule has 8 heteroatoms. The number of piperidine rings is 1. The van der Waals surface area contributed by atoms with Crippen molar-refractivity contribution in [1.82, 2.24) is 14.3 Å². The number of halogens is 1. The summed E-state index contributed by atoms with van der Waals surface area (Å²) in [6.07, 6.45) is 1.80. The molecule has 2 aliphatic rings. The van der Waals surface area contributed by atoms with Gasteiger partial charge in [-0.3, -0.25) is 4.57 Å². The van der Waals surface area contributed by atoms with Crippen LogP contribution in [0.3, 0.4) is 0 Å². The minimum Gasteiger partial charge on any atom is -0.347 e. The number of likely N-dealkylation sites (tertiary alicyclic amines) is 1. The molecular formula is C22H24ClN4O2S+. The molecule has 3 heterocycles. The zero-order valence-electron chi connectivity index (χ0n) is 16.6. The highest BCUT2D eigenvalue weighted by molar-refractivity contribution is 7.71. The largest absolute Gasteiger partial charge is 0.347 e. The number of rotatable bonds is 4. The summed E-state index contributed by atoms with van der Waals surface area (Å²) in [5.41, 5.74) is 1.98. The first-order chi connectivity index (χ1) is 14.6. The Bertz CT molecular complexity index is 1060. The lowest BCUT2D eigenvalue weighted by molar-refractivity contribution is -0.931. The van der Waals surface area contributed by atoms with Crippen LogP contribution in [0.1, 0.15) is 12.8 Å². The molecular weight excluding hydrogens is 420 g/mol. The molecule has 0 amide bonds. The molecule has 6 nitrogen and oxygen atoms in total. The highest BCUT2D eigenvalue weighted by Crippen LogP contribution is 2.28. The van der Waals surface area contributed by atoms with Crippen LogP contribution in [0, 0.1) is 4.77 Å². The third-order valence-electron chi connectivity index (χ3n) is 5.86. The maximum Gasteiger partial charge on any atom is 0.207 e. The van der Waals surface area contributed by atoms with Crippen molar-refractivity contribution in [3.63, 3.8) is 0 Å². The Morgan fingerprint density at radius 1 is 1.00 bits per heavy atom. The van der Waals surface area contributed by atoms with E-state index < -0.39 is 0 Å². The van der Waals surface area contributed by atoms with E-state index in [1.165, 1.54) is 4.90 Å². The van der Waals surface area contributed by atoms with E-state index >= 15 is 0 Å². The van der Waals surface area contributed by atoms with Crippen LogP contribution in [0.2, 0.25) is 5.02 Å². The van der Waals surface area contributed by atoms with Crippen LogP contribution in [0.25, 0.3) is 17.1 Å². The molecule has 2 aromatic carbocycles. The summed E-state index contributed by atoms with van der Waals surface area (Å²) in [7, 11) is 0. The summed E-state index contributed by atoms with van der Waals surface area (Å²) in [5, 5.41) is 5.62. The summed E-state index contributed by atoms with van der Waals surface area (Å²) in [6, 6.07) is 17.8. The molecule has 1 spiro atoms. The van der Waals surface area contributed by atoms with E-state index in [-0.39, 0.29) is 5.79 Å². The number of ether oxygens (including phenoxy) is 2. The fraction of sp³-hybridized carbons (Fsp3) is 0.364. The first kappa shape index (κ1) is 19.9. The van der Waals surface area contributed by atoms with Gasteiger partial charge in [-0.25, -0.2) is 0 Å². The highest BCUT2D eigenvalue weighted by atomic mass is 35.5. The van der Waals surface area contributed by atoms with E-state index in [0.29, 0.717) is 23.0 Å². The molecule has 0 atom stereocenters. The molecule has 0 radical (unpaired) electrons. The number of benzene rings is 2. The van der Waals surface area contributed by atoms with Gasteiger partial charge in [-0.2, -0.15) is 4.68 Å². The normalized spacial score (nSPS) is 18.8. The number of aromatic nitrogens is 3. The number of hydrogen-bond donors (Lipinski definition) is 1. The second-order valence-corrected chi connectivity index (χ2v) is 8.60. The average Bonchev–Trinajstić information content (AvgIpc) is 3.36. The minimum atomic E-state index is -0.358. The van der Waals surface area contributed by atoms with Gasteiger partial charge in [-0.15, -0.1) is 5.10 Å². The lowest BCUT2D eigenvalue weighted by Crippen LogP contribution is -3.13. The standard InChI is InChI=1S/C22H23ClN4O2S/c23-18-8-6-17(7-9-18)20-24-26(21(30)27(20)19-4-2-1-3-5-19)16-25-12-10-22(11-13-25)28-14-15-29-22/h1-9H,10-16H2/p+1. The zero-order valence-corrected chi connectivity index (χ0v) is 18.2. The van der Waals surface area contributed by atoms with Gasteiger partial charge >= 0.3 is 0 Å². The first-order valence-electron chi connectivity index (χ1n) is 10.3. The third-order valence-corrected chi connectivity index (χ3v) is 6.51. The summed E-state index contributed by atoms with van der Waals surface area (Å²) in [4.78, 5) is 1.43. The van der Waals surface area contributed by atoms with E-state index in [0.717, 1.165) is 49.7 Å². The van der Waals surface area contributed by atoms with Crippen molar-refractivity contribution in [2.75, 3.05) is 26.3 Å². The SMILES string of the molecule is S=c1n(C[NH+]2CCC3(CC2)OCCO3)nc(-c2ccc(Cl)cc2)n1-c1ccccc1. The second kappa shape index (κ2) is 8.24. The van der Waals surface area contributed by atoms with Crippen molar-refractivity contribution in [2.45, 2.75) is 25.3 Å². The van der Waals surface area contributed by atoms with Crippen molar-refractivity contribution in [2.24, 2.45) is 0 Å². The fourth-order valence-electron chi connectivity index (χ4n) is 4.25. The van der Waals surface area contributed by atoms with Gasteiger partial charge in [0.25, 0.3) is 0 Å². The van der Waals surface area contributed by atoms with Gasteiger partial charge in [0.2, 0.25) is 4.77 Å². The molecule has 1 N–H and O–H groups in total. The summed E-state index contributed by atoms with van der Waals surface area (Å²) in [6.45, 7) is 4.06. The Kier molecular flexibility index (Phi) is 5.47. The average molecular weight is 444 g/mol. The molecule has 0 bridgehead atoms. The molecule has 2 aliphatic heterocycles. The van der Waals surface area contributed by atoms with Gasteiger partial charge in [-0.05, 0) is 48.6 Å². The summed E-state index contributed by atoms with van der Waals surface area (Å²) >= 11 is 12.0. The van der Waals surface area contributed by atoms with E-state index in [1.807, 2.05) is 63.8 Å². The Hall–Kier alpha value is -2.03. The second-order valence-electron chi connectivity index (χ2n) is 7.80. The lowest BCUT2D eigenvalue weighted by atomic mass is 10.0. The van der Waals surface area contributed by atoms with Crippen molar-refractivity contribution < 1.29 is 14.4 Å². The zero-order chi connectivity index (χ0) is 20.6. The number of quaternary nitrogens is 1. The van der Waals surface area contributed by atoms with Crippen LogP contribution in [-0.4, -0.2) is 46.4 Å². The molecule has 0 aliphatic carbocycles. The molecule has 0 unspecified atom stereocenters. The molecule has 3 aromatic rings. The van der Waals surface area contributed by atoms with Crippen LogP contribution < -0.4 is 4.90 Å². The lowest BCUT2D eigenvalue weighted by Gasteiger charge is -2.34. The third kappa shape index (κ3) is 3.84. The van der Waals surface area contributed by atoms with Gasteiger partial charge in [0.05, 0.1) is 39.1 Å². The van der Waals surface area contributed by atoms with E-state index in [2.05, 4.69) is 0 Å². The number of nitrogens with one attached hydrogen (secondary N) is 1. The molecule has 156 valence electrons. The van der Waals surface area contributed by atoms with Crippen LogP contribution in [0.15, 0.2) is 54.6 Å². The van der Waals surface area contributed by atoms with Gasteiger partial charge in [-0.1, -0.05) is 29.8 Å². The van der Waals surface area contributed by atoms with E-state index in [4.69, 9.17) is 38.4 Å². The first-order valence-corrected chi connectivity index (χ1v) is 11.0. The fourth-order valence-corrected chi connectivity index (χ4v) is 4.67. The summed E-state index contributed by atoms with van der Waals surface area (Å²) in [5.74, 6) is 0.459. The monoisotopic (exact) mass is 443 g/mol. The smallest absolute Gasteiger partial charge is 0.207 e. The van der Waals surface area contributed by atoms with Crippen LogP contribution in [0.4, 0.5) is 0 Å². The van der Waals surface area contributed by atoms with Crippen molar-refractivity contribution >= 4 is 23.8 Å². The topological polar surface area (TPSA) is 45.6 Å². The maximum absolute atomic E-state index is 6.10. The molecule has 2 saturated heterocycles. The maximum atomic E-state index is 6.10. The summed E-state index contributed by atoms with van der Waals surface area (Å²) < 4.78 is 16.4. The molecule has 2 fully saturated rings. The predicted molar refractivity (Wildman–Crippen MR) is 117 cm³/mol. The number of para-hydroxylation sites is 1. The molecule has 30 heavy (non-hydrogen) atoms. The minimum absolute atomic E-state index is 0.358. The molecule has 1 aromatic heterocycles. The van der Waals surface area contributed by atoms with Crippen LogP contribution in [-0.2, 0) is 16.1 Å². The highest BCUT2D eigenvalue weighted by Gasteiger charge is 2.41. The van der Waals surface area contributed by atoms with Crippen LogP contribution >= 0.6 is 23.8 Å². The number of hydrogen-bond acceptors (Lipinski definition) is 4. The van der Waals surface area contributed by atoms with Crippen LogP contribution in [0.5, 0.6) is 0 Å². The Morgan fingerprint density at radius 2 is 1.67 bits per heavy atom.